The average molecular weight is 409 g/mol. The molecule has 1 aliphatic rings. The lowest BCUT2D eigenvalue weighted by Crippen LogP contribution is -2.23. The van der Waals surface area contributed by atoms with E-state index < -0.39 is 0 Å². The minimum absolute atomic E-state index is 0.0240. The van der Waals surface area contributed by atoms with Gasteiger partial charge in [0.05, 0.1) is 17.7 Å². The second kappa shape index (κ2) is 8.87. The Hall–Kier alpha value is -2.53. The Bertz CT molecular complexity index is 992. The number of para-hydroxylation sites is 1. The topological polar surface area (TPSA) is 41.9 Å². The van der Waals surface area contributed by atoms with Crippen molar-refractivity contribution in [3.8, 4) is 5.75 Å². The number of likely N-dealkylation sites (N-methyl/N-ethyl adjacent to an activating group) is 1. The number of nitrogens with zero attached hydrogens (tertiary/aromatic N) is 2. The summed E-state index contributed by atoms with van der Waals surface area (Å²) in [5, 5.41) is 0.706. The highest BCUT2D eigenvalue weighted by Crippen LogP contribution is 2.36. The Balaban J connectivity index is 1.99. The van der Waals surface area contributed by atoms with Crippen LogP contribution in [0.3, 0.4) is 0 Å². The monoisotopic (exact) mass is 408 g/mol. The zero-order chi connectivity index (χ0) is 21.1. The number of thioether (sulfide) groups is 1. The van der Waals surface area contributed by atoms with Crippen molar-refractivity contribution in [1.82, 2.24) is 4.90 Å². The Morgan fingerprint density at radius 2 is 1.97 bits per heavy atom. The van der Waals surface area contributed by atoms with E-state index in [0.717, 1.165) is 34.5 Å². The van der Waals surface area contributed by atoms with Crippen molar-refractivity contribution in [2.75, 3.05) is 14.2 Å². The highest BCUT2D eigenvalue weighted by molar-refractivity contribution is 8.18. The normalized spacial score (nSPS) is 17.1. The van der Waals surface area contributed by atoms with Gasteiger partial charge in [0.2, 0.25) is 0 Å². The van der Waals surface area contributed by atoms with Gasteiger partial charge >= 0.3 is 0 Å². The van der Waals surface area contributed by atoms with Crippen molar-refractivity contribution in [1.29, 1.82) is 0 Å². The fraction of sp³-hybridized carbons (Fsp3) is 0.333. The van der Waals surface area contributed by atoms with Crippen LogP contribution in [0.4, 0.5) is 5.69 Å². The lowest BCUT2D eigenvalue weighted by atomic mass is 9.96. The molecule has 1 fully saturated rings. The average Bonchev–Trinajstić information content (AvgIpc) is 2.97. The van der Waals surface area contributed by atoms with Crippen LogP contribution in [0.25, 0.3) is 6.08 Å². The van der Waals surface area contributed by atoms with Crippen LogP contribution in [0.1, 0.15) is 48.9 Å². The predicted molar refractivity (Wildman–Crippen MR) is 123 cm³/mol. The maximum atomic E-state index is 12.8. The molecule has 1 heterocycles. The van der Waals surface area contributed by atoms with Crippen molar-refractivity contribution >= 4 is 34.6 Å². The van der Waals surface area contributed by atoms with Gasteiger partial charge in [-0.3, -0.25) is 9.69 Å². The second-order valence-electron chi connectivity index (χ2n) is 7.46. The van der Waals surface area contributed by atoms with E-state index in [2.05, 4.69) is 32.9 Å². The van der Waals surface area contributed by atoms with Crippen LogP contribution in [-0.4, -0.2) is 30.1 Å². The quantitative estimate of drug-likeness (QED) is 0.576. The smallest absolute Gasteiger partial charge is 0.266 e. The fourth-order valence-corrected chi connectivity index (χ4v) is 4.28. The summed E-state index contributed by atoms with van der Waals surface area (Å²) in [5.74, 6) is 1.20. The van der Waals surface area contributed by atoms with Crippen LogP contribution in [0.2, 0.25) is 0 Å². The zero-order valence-electron chi connectivity index (χ0n) is 17.9. The molecule has 29 heavy (non-hydrogen) atoms. The molecular formula is C24H28N2O2S. The number of methoxy groups -OCH3 is 1. The van der Waals surface area contributed by atoms with Crippen LogP contribution in [0.15, 0.2) is 46.3 Å². The van der Waals surface area contributed by atoms with E-state index in [4.69, 9.17) is 9.73 Å². The third-order valence-electron chi connectivity index (χ3n) is 5.12. The SMILES string of the molecule is CCc1ccccc1N=C1S/C(=C/c2cc(C(C)C)c(OC)cc2C)C(=O)N1C. The standard InChI is InChI=1S/C24H28N2O2S/c1-7-17-10-8-9-11-20(17)25-24-26(5)23(27)22(29-24)14-18-13-19(15(2)3)21(28-6)12-16(18)4/h8-15H,7H2,1-6H3/b22-14+,25-24?. The van der Waals surface area contributed by atoms with Crippen molar-refractivity contribution in [2.45, 2.75) is 40.0 Å². The molecule has 1 saturated heterocycles. The minimum atomic E-state index is -0.0240. The first kappa shape index (κ1) is 21.2. The van der Waals surface area contributed by atoms with Crippen molar-refractivity contribution in [3.05, 3.63) is 63.6 Å². The Morgan fingerprint density at radius 1 is 1.24 bits per heavy atom. The van der Waals surface area contributed by atoms with Crippen molar-refractivity contribution in [3.63, 3.8) is 0 Å². The third kappa shape index (κ3) is 4.40. The number of amides is 1. The van der Waals surface area contributed by atoms with E-state index in [-0.39, 0.29) is 5.91 Å². The Labute approximate surface area is 177 Å². The Kier molecular flexibility index (Phi) is 6.48. The van der Waals surface area contributed by atoms with Gasteiger partial charge in [-0.1, -0.05) is 39.0 Å². The summed E-state index contributed by atoms with van der Waals surface area (Å²) in [7, 11) is 3.48. The molecule has 152 valence electrons. The van der Waals surface area contributed by atoms with Gasteiger partial charge < -0.3 is 4.74 Å². The van der Waals surface area contributed by atoms with Crippen molar-refractivity contribution < 1.29 is 9.53 Å². The second-order valence-corrected chi connectivity index (χ2v) is 8.47. The highest BCUT2D eigenvalue weighted by atomic mass is 32.2. The molecule has 0 bridgehead atoms. The Morgan fingerprint density at radius 3 is 2.62 bits per heavy atom. The van der Waals surface area contributed by atoms with E-state index in [1.54, 1.807) is 19.1 Å². The number of aliphatic imine (C=N–C) groups is 1. The molecule has 0 aromatic heterocycles. The molecule has 3 rings (SSSR count). The molecule has 1 aliphatic heterocycles. The summed E-state index contributed by atoms with van der Waals surface area (Å²) >= 11 is 1.42. The lowest BCUT2D eigenvalue weighted by Gasteiger charge is -2.14. The van der Waals surface area contributed by atoms with E-state index in [1.165, 1.54) is 17.3 Å². The number of carbonyl (C=O) groups excluding carboxylic acids is 1. The molecule has 0 unspecified atom stereocenters. The van der Waals surface area contributed by atoms with Crippen LogP contribution in [0, 0.1) is 6.92 Å². The molecule has 0 N–H and O–H groups in total. The number of ether oxygens (including phenoxy) is 1. The van der Waals surface area contributed by atoms with Crippen LogP contribution in [-0.2, 0) is 11.2 Å². The number of hydrogen-bond donors (Lipinski definition) is 0. The van der Waals surface area contributed by atoms with Gasteiger partial charge in [-0.05, 0) is 77.6 Å². The van der Waals surface area contributed by atoms with Gasteiger partial charge in [0, 0.05) is 7.05 Å². The van der Waals surface area contributed by atoms with Gasteiger partial charge in [-0.2, -0.15) is 0 Å². The molecular weight excluding hydrogens is 380 g/mol. The van der Waals surface area contributed by atoms with E-state index in [0.29, 0.717) is 16.0 Å². The summed E-state index contributed by atoms with van der Waals surface area (Å²) in [6.45, 7) is 8.44. The molecule has 2 aromatic rings. The van der Waals surface area contributed by atoms with Crippen LogP contribution < -0.4 is 4.74 Å². The molecule has 0 radical (unpaired) electrons. The van der Waals surface area contributed by atoms with Gasteiger partial charge in [0.15, 0.2) is 5.17 Å². The fourth-order valence-electron chi connectivity index (χ4n) is 3.31. The predicted octanol–water partition coefficient (Wildman–Crippen LogP) is 5.92. The van der Waals surface area contributed by atoms with Gasteiger partial charge in [-0.25, -0.2) is 4.99 Å². The number of hydrogen-bond acceptors (Lipinski definition) is 4. The third-order valence-corrected chi connectivity index (χ3v) is 6.18. The zero-order valence-corrected chi connectivity index (χ0v) is 18.8. The summed E-state index contributed by atoms with van der Waals surface area (Å²) in [5.41, 5.74) is 5.34. The van der Waals surface area contributed by atoms with E-state index in [9.17, 15) is 4.79 Å². The molecule has 0 aliphatic carbocycles. The molecule has 0 atom stereocenters. The first-order chi connectivity index (χ1) is 13.8. The summed E-state index contributed by atoms with van der Waals surface area (Å²) in [4.78, 5) is 19.9. The number of carbonyl (C=O) groups is 1. The first-order valence-corrected chi connectivity index (χ1v) is 10.7. The maximum absolute atomic E-state index is 12.8. The van der Waals surface area contributed by atoms with Crippen LogP contribution >= 0.6 is 11.8 Å². The molecule has 0 spiro atoms. The van der Waals surface area contributed by atoms with Crippen LogP contribution in [0.5, 0.6) is 5.75 Å². The van der Waals surface area contributed by atoms with Gasteiger partial charge in [-0.15, -0.1) is 0 Å². The molecule has 5 heteroatoms. The summed E-state index contributed by atoms with van der Waals surface area (Å²) < 4.78 is 5.54. The number of aryl methyl sites for hydroxylation is 2. The summed E-state index contributed by atoms with van der Waals surface area (Å²) in [6, 6.07) is 12.2. The first-order valence-electron chi connectivity index (χ1n) is 9.88. The lowest BCUT2D eigenvalue weighted by molar-refractivity contribution is -0.121. The number of rotatable bonds is 5. The van der Waals surface area contributed by atoms with E-state index >= 15 is 0 Å². The molecule has 0 saturated carbocycles. The van der Waals surface area contributed by atoms with Crippen molar-refractivity contribution in [2.24, 2.45) is 4.99 Å². The minimum Gasteiger partial charge on any atom is -0.496 e. The summed E-state index contributed by atoms with van der Waals surface area (Å²) in [6.07, 6.45) is 2.87. The molecule has 1 amide bonds. The van der Waals surface area contributed by atoms with E-state index in [1.807, 2.05) is 37.3 Å². The van der Waals surface area contributed by atoms with Gasteiger partial charge in [0.25, 0.3) is 5.91 Å². The maximum Gasteiger partial charge on any atom is 0.266 e. The largest absolute Gasteiger partial charge is 0.496 e. The molecule has 2 aromatic carbocycles. The number of benzene rings is 2. The molecule has 4 nitrogen and oxygen atoms in total. The highest BCUT2D eigenvalue weighted by Gasteiger charge is 2.30. The van der Waals surface area contributed by atoms with Gasteiger partial charge in [0.1, 0.15) is 5.75 Å². The number of amidine groups is 1.